The average molecular weight is 465 g/mol. The van der Waals surface area contributed by atoms with Gasteiger partial charge in [0.2, 0.25) is 5.78 Å². The van der Waals surface area contributed by atoms with Crippen molar-refractivity contribution < 1.29 is 24.2 Å². The van der Waals surface area contributed by atoms with Gasteiger partial charge < -0.3 is 9.84 Å². The molecule has 1 fully saturated rings. The van der Waals surface area contributed by atoms with E-state index in [-0.39, 0.29) is 24.4 Å². The van der Waals surface area contributed by atoms with Crippen molar-refractivity contribution in [1.29, 1.82) is 0 Å². The van der Waals surface area contributed by atoms with E-state index in [0.717, 1.165) is 21.9 Å². The molecule has 1 aliphatic carbocycles. The number of carbonyl (C=O) groups excluding carboxylic acids is 2. The van der Waals surface area contributed by atoms with Crippen molar-refractivity contribution >= 4 is 28.5 Å². The maximum absolute atomic E-state index is 13.1. The van der Waals surface area contributed by atoms with Crippen LogP contribution in [0.4, 0.5) is 0 Å². The summed E-state index contributed by atoms with van der Waals surface area (Å²) < 4.78 is 5.83. The molecule has 1 aliphatic rings. The minimum atomic E-state index is -1.44. The first kappa shape index (κ1) is 22.5. The summed E-state index contributed by atoms with van der Waals surface area (Å²) in [6, 6.07) is 31.9. The lowest BCUT2D eigenvalue weighted by Gasteiger charge is -2.51. The normalized spacial score (nSPS) is 21.1. The van der Waals surface area contributed by atoms with Gasteiger partial charge in [0.1, 0.15) is 0 Å². The Hall–Kier alpha value is -4.25. The topological polar surface area (TPSA) is 80.7 Å². The lowest BCUT2D eigenvalue weighted by atomic mass is 9.51. The number of carboxylic acids is 1. The fraction of sp³-hybridized carbons (Fsp3) is 0.167. The van der Waals surface area contributed by atoms with Gasteiger partial charge in [-0.3, -0.25) is 4.79 Å². The molecule has 2 atom stereocenters. The van der Waals surface area contributed by atoms with Crippen molar-refractivity contribution in [2.75, 3.05) is 6.61 Å². The van der Waals surface area contributed by atoms with Gasteiger partial charge in [0.25, 0.3) is 0 Å². The Morgan fingerprint density at radius 3 is 1.83 bits per heavy atom. The minimum absolute atomic E-state index is 0.0740. The summed E-state index contributed by atoms with van der Waals surface area (Å²) >= 11 is 0. The Bertz CT molecular complexity index is 1330. The van der Waals surface area contributed by atoms with Crippen LogP contribution in [-0.2, 0) is 14.3 Å². The van der Waals surface area contributed by atoms with Crippen LogP contribution in [0.25, 0.3) is 10.8 Å². The number of rotatable bonds is 7. The highest BCUT2D eigenvalue weighted by Gasteiger charge is 2.56. The van der Waals surface area contributed by atoms with E-state index in [1.165, 1.54) is 0 Å². The quantitative estimate of drug-likeness (QED) is 0.290. The molecule has 0 radical (unpaired) electrons. The highest BCUT2D eigenvalue weighted by atomic mass is 16.5. The summed E-state index contributed by atoms with van der Waals surface area (Å²) in [6.45, 7) is 0.0740. The Morgan fingerprint density at radius 2 is 1.23 bits per heavy atom. The molecule has 2 unspecified atom stereocenters. The number of hydrogen-bond donors (Lipinski definition) is 1. The molecule has 0 bridgehead atoms. The zero-order chi connectivity index (χ0) is 24.4. The first-order chi connectivity index (χ1) is 17.1. The van der Waals surface area contributed by atoms with E-state index in [1.807, 2.05) is 97.1 Å². The van der Waals surface area contributed by atoms with Crippen molar-refractivity contribution in [3.8, 4) is 0 Å². The number of carbonyl (C=O) groups is 3. The number of hydrogen-bond acceptors (Lipinski definition) is 4. The molecule has 0 heterocycles. The molecule has 4 aromatic rings. The van der Waals surface area contributed by atoms with Crippen molar-refractivity contribution in [3.05, 3.63) is 120 Å². The van der Waals surface area contributed by atoms with Crippen molar-refractivity contribution in [2.24, 2.45) is 11.8 Å². The van der Waals surface area contributed by atoms with Crippen LogP contribution in [0, 0.1) is 11.8 Å². The molecule has 5 nitrogen and oxygen atoms in total. The van der Waals surface area contributed by atoms with Gasteiger partial charge >= 0.3 is 11.9 Å². The Morgan fingerprint density at radius 1 is 0.686 bits per heavy atom. The minimum Gasteiger partial charge on any atom is -0.475 e. The summed E-state index contributed by atoms with van der Waals surface area (Å²) in [5, 5.41) is 11.3. The van der Waals surface area contributed by atoms with E-state index in [4.69, 9.17) is 4.74 Å². The van der Waals surface area contributed by atoms with Crippen molar-refractivity contribution in [2.45, 2.75) is 11.8 Å². The lowest BCUT2D eigenvalue weighted by molar-refractivity contribution is -0.155. The predicted octanol–water partition coefficient (Wildman–Crippen LogP) is 5.46. The van der Waals surface area contributed by atoms with Crippen LogP contribution >= 0.6 is 0 Å². The van der Waals surface area contributed by atoms with Gasteiger partial charge in [0, 0.05) is 23.7 Å². The summed E-state index contributed by atoms with van der Waals surface area (Å²) in [4.78, 5) is 37.7. The fourth-order valence-electron chi connectivity index (χ4n) is 5.42. The molecule has 0 amide bonds. The molecule has 4 aromatic carbocycles. The van der Waals surface area contributed by atoms with Crippen molar-refractivity contribution in [1.82, 2.24) is 0 Å². The molecule has 35 heavy (non-hydrogen) atoms. The van der Waals surface area contributed by atoms with E-state index >= 15 is 0 Å². The molecular weight excluding hydrogens is 440 g/mol. The van der Waals surface area contributed by atoms with Crippen LogP contribution < -0.4 is 0 Å². The number of esters is 1. The SMILES string of the molecule is O=C(O)C(=O)C1C(c2ccccc2)C(COC(=O)c2cccc3ccccc23)C1c1ccccc1. The van der Waals surface area contributed by atoms with Gasteiger partial charge in [-0.2, -0.15) is 0 Å². The smallest absolute Gasteiger partial charge is 0.372 e. The third-order valence-electron chi connectivity index (χ3n) is 7.00. The molecule has 0 aromatic heterocycles. The van der Waals surface area contributed by atoms with Crippen molar-refractivity contribution in [3.63, 3.8) is 0 Å². The lowest BCUT2D eigenvalue weighted by Crippen LogP contribution is -2.51. The van der Waals surface area contributed by atoms with Crippen LogP contribution in [0.2, 0.25) is 0 Å². The maximum atomic E-state index is 13.1. The fourth-order valence-corrected chi connectivity index (χ4v) is 5.42. The van der Waals surface area contributed by atoms with E-state index in [2.05, 4.69) is 0 Å². The van der Waals surface area contributed by atoms with Gasteiger partial charge in [-0.05, 0) is 28.0 Å². The Labute approximate surface area is 203 Å². The molecule has 5 heteroatoms. The standard InChI is InChI=1S/C30H24O5/c31-28(29(32)33)27-25(20-11-3-1-4-12-20)24(26(27)21-13-5-2-6-14-21)18-35-30(34)23-17-9-15-19-10-7-8-16-22(19)23/h1-17,24-27H,18H2,(H,32,33). The van der Waals surface area contributed by atoms with Crippen LogP contribution in [0.3, 0.4) is 0 Å². The highest BCUT2D eigenvalue weighted by molar-refractivity contribution is 6.34. The van der Waals surface area contributed by atoms with Gasteiger partial charge in [0.05, 0.1) is 12.2 Å². The molecule has 5 rings (SSSR count). The summed E-state index contributed by atoms with van der Waals surface area (Å²) in [5.41, 5.74) is 2.21. The zero-order valence-electron chi connectivity index (χ0n) is 18.9. The monoisotopic (exact) mass is 464 g/mol. The summed E-state index contributed by atoms with van der Waals surface area (Å²) in [7, 11) is 0. The molecule has 1 N–H and O–H groups in total. The number of ketones is 1. The average Bonchev–Trinajstić information content (AvgIpc) is 2.88. The number of Topliss-reactive ketones (excluding diaryl/α,β-unsaturated/α-hetero) is 1. The first-order valence-electron chi connectivity index (χ1n) is 11.6. The molecule has 0 saturated heterocycles. The first-order valence-corrected chi connectivity index (χ1v) is 11.6. The number of aliphatic carboxylic acids is 1. The molecule has 0 aliphatic heterocycles. The third kappa shape index (κ3) is 4.21. The number of carboxylic acid groups (broad SMARTS) is 1. The van der Waals surface area contributed by atoms with Gasteiger partial charge in [-0.15, -0.1) is 0 Å². The number of ether oxygens (including phenoxy) is 1. The Balaban J connectivity index is 1.48. The van der Waals surface area contributed by atoms with Gasteiger partial charge in [0.15, 0.2) is 0 Å². The van der Waals surface area contributed by atoms with Crippen LogP contribution in [-0.4, -0.2) is 29.4 Å². The number of benzene rings is 4. The summed E-state index contributed by atoms with van der Waals surface area (Å²) in [6.07, 6.45) is 0. The molecule has 174 valence electrons. The van der Waals surface area contributed by atoms with Gasteiger partial charge in [-0.1, -0.05) is 97.1 Å². The maximum Gasteiger partial charge on any atom is 0.372 e. The third-order valence-corrected chi connectivity index (χ3v) is 7.00. The summed E-state index contributed by atoms with van der Waals surface area (Å²) in [5.74, 6) is -4.41. The second-order valence-electron chi connectivity index (χ2n) is 8.86. The zero-order valence-corrected chi connectivity index (χ0v) is 18.9. The Kier molecular flexibility index (Phi) is 6.15. The molecular formula is C30H24O5. The van der Waals surface area contributed by atoms with Gasteiger partial charge in [-0.25, -0.2) is 9.59 Å². The van der Waals surface area contributed by atoms with Crippen LogP contribution in [0.15, 0.2) is 103 Å². The predicted molar refractivity (Wildman–Crippen MR) is 132 cm³/mol. The van der Waals surface area contributed by atoms with E-state index < -0.39 is 23.6 Å². The van der Waals surface area contributed by atoms with E-state index in [1.54, 1.807) is 6.07 Å². The second-order valence-corrected chi connectivity index (χ2v) is 8.86. The van der Waals surface area contributed by atoms with Crippen LogP contribution in [0.1, 0.15) is 33.3 Å². The second kappa shape index (κ2) is 9.55. The molecule has 1 saturated carbocycles. The van der Waals surface area contributed by atoms with Crippen LogP contribution in [0.5, 0.6) is 0 Å². The van der Waals surface area contributed by atoms with E-state index in [0.29, 0.717) is 5.56 Å². The molecule has 0 spiro atoms. The van der Waals surface area contributed by atoms with E-state index in [9.17, 15) is 19.5 Å². The number of fused-ring (bicyclic) bond motifs is 1. The highest BCUT2D eigenvalue weighted by Crippen LogP contribution is 2.58. The largest absolute Gasteiger partial charge is 0.475 e.